The largest absolute Gasteiger partial charge is 0.405 e. The summed E-state index contributed by atoms with van der Waals surface area (Å²) in [6, 6.07) is 3.90. The van der Waals surface area contributed by atoms with Gasteiger partial charge in [0.05, 0.1) is 13.2 Å². The molecule has 2 N–H and O–H groups in total. The van der Waals surface area contributed by atoms with Crippen molar-refractivity contribution in [3.8, 4) is 11.1 Å². The van der Waals surface area contributed by atoms with Crippen molar-refractivity contribution in [1.29, 1.82) is 0 Å². The summed E-state index contributed by atoms with van der Waals surface area (Å²) in [7, 11) is 0. The van der Waals surface area contributed by atoms with Crippen molar-refractivity contribution in [2.45, 2.75) is 33.1 Å². The molecule has 3 heterocycles. The Labute approximate surface area is 190 Å². The number of aromatic nitrogens is 3. The van der Waals surface area contributed by atoms with E-state index in [2.05, 4.69) is 21.5 Å². The highest BCUT2D eigenvalue weighted by atomic mass is 19.4. The van der Waals surface area contributed by atoms with Crippen molar-refractivity contribution < 1.29 is 22.7 Å². The minimum Gasteiger partial charge on any atom is -0.373 e. The Morgan fingerprint density at radius 2 is 2.03 bits per heavy atom. The third kappa shape index (κ3) is 6.64. The summed E-state index contributed by atoms with van der Waals surface area (Å²) >= 11 is 0. The van der Waals surface area contributed by atoms with E-state index in [1.165, 1.54) is 0 Å². The number of carbonyl (C=O) groups excluding carboxylic acids is 1. The summed E-state index contributed by atoms with van der Waals surface area (Å²) in [4.78, 5) is 24.3. The van der Waals surface area contributed by atoms with Gasteiger partial charge in [0.1, 0.15) is 12.2 Å². The number of ether oxygens (including phenoxy) is 1. The first-order chi connectivity index (χ1) is 15.7. The molecule has 1 amide bonds. The van der Waals surface area contributed by atoms with Gasteiger partial charge in [-0.2, -0.15) is 13.2 Å². The van der Waals surface area contributed by atoms with Crippen molar-refractivity contribution in [2.24, 2.45) is 11.8 Å². The normalized spacial score (nSPS) is 12.8. The molecule has 9 heteroatoms. The molecule has 1 atom stereocenters. The molecule has 0 saturated heterocycles. The van der Waals surface area contributed by atoms with Crippen LogP contribution in [0.15, 0.2) is 49.6 Å². The monoisotopic (exact) mass is 460 g/mol. The minimum atomic E-state index is -4.45. The number of H-pyrrole nitrogens is 1. The lowest BCUT2D eigenvalue weighted by atomic mass is 9.88. The van der Waals surface area contributed by atoms with Gasteiger partial charge in [0, 0.05) is 47.2 Å². The molecular formula is C24H27F3N4O2. The molecular weight excluding hydrogens is 433 g/mol. The molecule has 0 saturated carbocycles. The fourth-order valence-electron chi connectivity index (χ4n) is 3.57. The lowest BCUT2D eigenvalue weighted by molar-refractivity contribution is -0.141. The van der Waals surface area contributed by atoms with Gasteiger partial charge in [-0.1, -0.05) is 19.9 Å². The van der Waals surface area contributed by atoms with Crippen molar-refractivity contribution in [1.82, 2.24) is 20.3 Å². The Kier molecular flexibility index (Phi) is 7.86. The SMILES string of the molecule is C=CCOCc1cnc2[nH]cc(-c3cncc(C[C@@H](C(=O)NCC(F)(F)F)C(C)C)c3)c2c1. The fraction of sp³-hybridized carbons (Fsp3) is 0.375. The van der Waals surface area contributed by atoms with Crippen LogP contribution in [0.1, 0.15) is 25.0 Å². The van der Waals surface area contributed by atoms with Crippen LogP contribution in [0.3, 0.4) is 0 Å². The average Bonchev–Trinajstić information content (AvgIpc) is 3.19. The van der Waals surface area contributed by atoms with Crippen LogP contribution < -0.4 is 5.32 Å². The summed E-state index contributed by atoms with van der Waals surface area (Å²) in [6.07, 6.45) is 4.44. The van der Waals surface area contributed by atoms with Crippen molar-refractivity contribution in [3.05, 3.63) is 60.7 Å². The number of pyridine rings is 2. The van der Waals surface area contributed by atoms with Gasteiger partial charge in [-0.25, -0.2) is 4.98 Å². The van der Waals surface area contributed by atoms with E-state index in [4.69, 9.17) is 4.74 Å². The van der Waals surface area contributed by atoms with Gasteiger partial charge < -0.3 is 15.0 Å². The Hall–Kier alpha value is -3.20. The van der Waals surface area contributed by atoms with Crippen LogP contribution in [0.5, 0.6) is 0 Å². The molecule has 0 spiro atoms. The Morgan fingerprint density at radius 3 is 2.73 bits per heavy atom. The van der Waals surface area contributed by atoms with Crippen molar-refractivity contribution in [2.75, 3.05) is 13.2 Å². The minimum absolute atomic E-state index is 0.141. The molecule has 0 unspecified atom stereocenters. The highest BCUT2D eigenvalue weighted by molar-refractivity contribution is 5.93. The predicted octanol–water partition coefficient (Wildman–Crippen LogP) is 4.82. The fourth-order valence-corrected chi connectivity index (χ4v) is 3.57. The molecule has 0 aliphatic rings. The second kappa shape index (κ2) is 10.6. The summed E-state index contributed by atoms with van der Waals surface area (Å²) in [5.41, 5.74) is 4.11. The van der Waals surface area contributed by atoms with Gasteiger partial charge >= 0.3 is 6.18 Å². The number of halogens is 3. The maximum atomic E-state index is 12.5. The summed E-state index contributed by atoms with van der Waals surface area (Å²) in [5, 5.41) is 2.90. The highest BCUT2D eigenvalue weighted by Crippen LogP contribution is 2.29. The molecule has 0 radical (unpaired) electrons. The first-order valence-electron chi connectivity index (χ1n) is 10.6. The molecule has 0 fully saturated rings. The summed E-state index contributed by atoms with van der Waals surface area (Å²) < 4.78 is 43.0. The van der Waals surface area contributed by atoms with Gasteiger partial charge in [-0.15, -0.1) is 6.58 Å². The number of nitrogens with zero attached hydrogens (tertiary/aromatic N) is 2. The lowest BCUT2D eigenvalue weighted by Gasteiger charge is -2.21. The van der Waals surface area contributed by atoms with Gasteiger partial charge in [0.25, 0.3) is 0 Å². The zero-order valence-corrected chi connectivity index (χ0v) is 18.6. The molecule has 0 aliphatic carbocycles. The molecule has 0 aliphatic heterocycles. The number of alkyl halides is 3. The van der Waals surface area contributed by atoms with Crippen LogP contribution in [0.4, 0.5) is 13.2 Å². The first-order valence-corrected chi connectivity index (χ1v) is 10.6. The van der Waals surface area contributed by atoms with E-state index in [0.717, 1.165) is 33.3 Å². The predicted molar refractivity (Wildman–Crippen MR) is 120 cm³/mol. The number of rotatable bonds is 10. The molecule has 3 aromatic rings. The molecule has 0 bridgehead atoms. The van der Waals surface area contributed by atoms with E-state index >= 15 is 0 Å². The van der Waals surface area contributed by atoms with E-state index < -0.39 is 24.5 Å². The standard InChI is InChI=1S/C24H27F3N4O2/c1-4-5-33-13-17-8-20-21(12-30-22(20)29-10-17)18-6-16(9-28-11-18)7-19(15(2)3)23(32)31-14-24(25,26)27/h4,6,8-12,15,19H,1,5,7,13-14H2,2-3H3,(H,29,30)(H,31,32)/t19-/m1/s1. The van der Waals surface area contributed by atoms with Crippen LogP contribution in [-0.4, -0.2) is 40.2 Å². The lowest BCUT2D eigenvalue weighted by Crippen LogP contribution is -2.40. The number of hydrogen-bond acceptors (Lipinski definition) is 4. The Balaban J connectivity index is 1.82. The van der Waals surface area contributed by atoms with Gasteiger partial charge in [0.15, 0.2) is 0 Å². The third-order valence-corrected chi connectivity index (χ3v) is 5.26. The Morgan fingerprint density at radius 1 is 1.24 bits per heavy atom. The van der Waals surface area contributed by atoms with Crippen LogP contribution in [-0.2, 0) is 22.6 Å². The van der Waals surface area contributed by atoms with Crippen molar-refractivity contribution >= 4 is 16.9 Å². The number of fused-ring (bicyclic) bond motifs is 1. The van der Waals surface area contributed by atoms with Crippen LogP contribution >= 0.6 is 0 Å². The molecule has 3 rings (SSSR count). The van der Waals surface area contributed by atoms with E-state index in [1.54, 1.807) is 24.7 Å². The topological polar surface area (TPSA) is 79.9 Å². The maximum Gasteiger partial charge on any atom is 0.405 e. The van der Waals surface area contributed by atoms with E-state index in [9.17, 15) is 18.0 Å². The van der Waals surface area contributed by atoms with Crippen molar-refractivity contribution in [3.63, 3.8) is 0 Å². The number of amides is 1. The van der Waals surface area contributed by atoms with Crippen LogP contribution in [0, 0.1) is 11.8 Å². The van der Waals surface area contributed by atoms with E-state index in [1.807, 2.05) is 37.5 Å². The molecule has 33 heavy (non-hydrogen) atoms. The third-order valence-electron chi connectivity index (χ3n) is 5.26. The zero-order valence-electron chi connectivity index (χ0n) is 18.6. The second-order valence-corrected chi connectivity index (χ2v) is 8.22. The number of aromatic amines is 1. The maximum absolute atomic E-state index is 12.5. The summed E-state index contributed by atoms with van der Waals surface area (Å²) in [6.45, 7) is 6.77. The smallest absolute Gasteiger partial charge is 0.373 e. The number of carbonyl (C=O) groups is 1. The highest BCUT2D eigenvalue weighted by Gasteiger charge is 2.30. The molecule has 176 valence electrons. The van der Waals surface area contributed by atoms with Gasteiger partial charge in [-0.05, 0) is 35.6 Å². The van der Waals surface area contributed by atoms with Gasteiger partial charge in [-0.3, -0.25) is 9.78 Å². The van der Waals surface area contributed by atoms with E-state index in [-0.39, 0.29) is 12.3 Å². The van der Waals surface area contributed by atoms with Gasteiger partial charge in [0.2, 0.25) is 5.91 Å². The van der Waals surface area contributed by atoms with Crippen LogP contribution in [0.2, 0.25) is 0 Å². The summed E-state index contributed by atoms with van der Waals surface area (Å²) in [5.74, 6) is -1.37. The first kappa shape index (κ1) is 24.4. The van der Waals surface area contributed by atoms with E-state index in [0.29, 0.717) is 13.2 Å². The number of nitrogens with one attached hydrogen (secondary N) is 2. The number of hydrogen-bond donors (Lipinski definition) is 2. The average molecular weight is 461 g/mol. The molecule has 3 aromatic heterocycles. The Bertz CT molecular complexity index is 1110. The second-order valence-electron chi connectivity index (χ2n) is 8.22. The quantitative estimate of drug-likeness (QED) is 0.336. The molecule has 0 aromatic carbocycles. The van der Waals surface area contributed by atoms with Crippen LogP contribution in [0.25, 0.3) is 22.2 Å². The molecule has 6 nitrogen and oxygen atoms in total. The zero-order chi connectivity index (χ0) is 24.0.